The van der Waals surface area contributed by atoms with Gasteiger partial charge in [0.15, 0.2) is 0 Å². The van der Waals surface area contributed by atoms with E-state index in [1.165, 1.54) is 0 Å². The summed E-state index contributed by atoms with van der Waals surface area (Å²) in [5, 5.41) is 17.1. The molecule has 52 valence electrons. The lowest BCUT2D eigenvalue weighted by Crippen LogP contribution is -2.22. The highest BCUT2D eigenvalue weighted by Crippen LogP contribution is 2.19. The van der Waals surface area contributed by atoms with Crippen molar-refractivity contribution >= 4 is 0 Å². The summed E-state index contributed by atoms with van der Waals surface area (Å²) < 4.78 is 0. The summed E-state index contributed by atoms with van der Waals surface area (Å²) >= 11 is 0. The Hall–Kier alpha value is -1.06. The van der Waals surface area contributed by atoms with Gasteiger partial charge < -0.3 is 0 Å². The van der Waals surface area contributed by atoms with Crippen molar-refractivity contribution in [3.63, 3.8) is 0 Å². The van der Waals surface area contributed by atoms with Crippen LogP contribution in [0.4, 0.5) is 0 Å². The van der Waals surface area contributed by atoms with Gasteiger partial charge in [0.2, 0.25) is 0 Å². The molecule has 0 saturated carbocycles. The normalized spacial score (nSPS) is 33.1. The Morgan fingerprint density at radius 2 is 2.10 bits per heavy atom. The van der Waals surface area contributed by atoms with Gasteiger partial charge in [0.05, 0.1) is 24.1 Å². The van der Waals surface area contributed by atoms with Crippen LogP contribution in [0.25, 0.3) is 0 Å². The van der Waals surface area contributed by atoms with Crippen LogP contribution < -0.4 is 0 Å². The lowest BCUT2D eigenvalue weighted by atomic mass is 10.1. The molecule has 1 saturated heterocycles. The fourth-order valence-corrected chi connectivity index (χ4v) is 1.24. The van der Waals surface area contributed by atoms with Crippen LogP contribution >= 0.6 is 0 Å². The molecule has 0 N–H and O–H groups in total. The van der Waals surface area contributed by atoms with E-state index in [-0.39, 0.29) is 12.0 Å². The average molecular weight is 135 g/mol. The van der Waals surface area contributed by atoms with Gasteiger partial charge in [-0.15, -0.1) is 0 Å². The Morgan fingerprint density at radius 3 is 2.40 bits per heavy atom. The van der Waals surface area contributed by atoms with Gasteiger partial charge >= 0.3 is 0 Å². The summed E-state index contributed by atoms with van der Waals surface area (Å²) in [6.07, 6.45) is 0.712. The van der Waals surface area contributed by atoms with Gasteiger partial charge in [0, 0.05) is 6.54 Å². The predicted molar refractivity (Wildman–Crippen MR) is 35.8 cm³/mol. The SMILES string of the molecule is CN1CC(C#N)CC1C#N. The molecule has 0 radical (unpaired) electrons. The Bertz CT molecular complexity index is 198. The largest absolute Gasteiger partial charge is 0.290 e. The molecule has 0 aromatic heterocycles. The predicted octanol–water partition coefficient (Wildman–Crippen LogP) is 0.354. The van der Waals surface area contributed by atoms with E-state index in [2.05, 4.69) is 12.1 Å². The molecule has 1 heterocycles. The lowest BCUT2D eigenvalue weighted by Gasteiger charge is -2.09. The van der Waals surface area contributed by atoms with E-state index in [1.807, 2.05) is 11.9 Å². The Kier molecular flexibility index (Phi) is 1.89. The lowest BCUT2D eigenvalue weighted by molar-refractivity contribution is 0.359. The molecule has 0 spiro atoms. The smallest absolute Gasteiger partial charge is 0.0988 e. The van der Waals surface area contributed by atoms with Crippen LogP contribution in [0.5, 0.6) is 0 Å². The summed E-state index contributed by atoms with van der Waals surface area (Å²) in [6, 6.07) is 4.28. The van der Waals surface area contributed by atoms with Crippen LogP contribution in [-0.4, -0.2) is 24.5 Å². The van der Waals surface area contributed by atoms with Gasteiger partial charge in [-0.2, -0.15) is 10.5 Å². The van der Waals surface area contributed by atoms with Gasteiger partial charge in [-0.25, -0.2) is 0 Å². The van der Waals surface area contributed by atoms with E-state index in [4.69, 9.17) is 10.5 Å². The molecule has 2 unspecified atom stereocenters. The van der Waals surface area contributed by atoms with Crippen LogP contribution in [0.3, 0.4) is 0 Å². The number of likely N-dealkylation sites (tertiary alicyclic amines) is 1. The molecule has 0 aliphatic carbocycles. The van der Waals surface area contributed by atoms with Gasteiger partial charge in [0.1, 0.15) is 0 Å². The third-order valence-electron chi connectivity index (χ3n) is 1.88. The number of nitriles is 2. The van der Waals surface area contributed by atoms with Gasteiger partial charge in [0.25, 0.3) is 0 Å². The van der Waals surface area contributed by atoms with Crippen molar-refractivity contribution in [2.75, 3.05) is 13.6 Å². The molecule has 3 nitrogen and oxygen atoms in total. The highest BCUT2D eigenvalue weighted by atomic mass is 15.1. The molecule has 10 heavy (non-hydrogen) atoms. The number of hydrogen-bond acceptors (Lipinski definition) is 3. The number of rotatable bonds is 0. The summed E-state index contributed by atoms with van der Waals surface area (Å²) in [6.45, 7) is 0.745. The van der Waals surface area contributed by atoms with Gasteiger partial charge in [-0.05, 0) is 13.5 Å². The zero-order valence-corrected chi connectivity index (χ0v) is 5.91. The monoisotopic (exact) mass is 135 g/mol. The average Bonchev–Trinajstić information content (AvgIpc) is 2.30. The maximum Gasteiger partial charge on any atom is 0.0988 e. The second-order valence-electron chi connectivity index (χ2n) is 2.65. The minimum atomic E-state index is -0.0374. The zero-order valence-electron chi connectivity index (χ0n) is 5.91. The molecule has 2 atom stereocenters. The minimum absolute atomic E-state index is 0.0374. The zero-order chi connectivity index (χ0) is 7.56. The fourth-order valence-electron chi connectivity index (χ4n) is 1.24. The fraction of sp³-hybridized carbons (Fsp3) is 0.714. The van der Waals surface area contributed by atoms with Crippen LogP contribution in [0.1, 0.15) is 6.42 Å². The van der Waals surface area contributed by atoms with Crippen LogP contribution in [0.15, 0.2) is 0 Å². The summed E-state index contributed by atoms with van der Waals surface area (Å²) in [5.41, 5.74) is 0. The highest BCUT2D eigenvalue weighted by molar-refractivity contribution is 5.03. The van der Waals surface area contributed by atoms with E-state index in [0.29, 0.717) is 6.42 Å². The Morgan fingerprint density at radius 1 is 1.40 bits per heavy atom. The maximum absolute atomic E-state index is 8.55. The van der Waals surface area contributed by atoms with Crippen LogP contribution in [0, 0.1) is 28.6 Å². The van der Waals surface area contributed by atoms with E-state index in [0.717, 1.165) is 6.54 Å². The molecule has 0 aromatic carbocycles. The Labute approximate surface area is 60.5 Å². The van der Waals surface area contributed by atoms with E-state index < -0.39 is 0 Å². The molecule has 1 aliphatic rings. The summed E-state index contributed by atoms with van der Waals surface area (Å²) in [4.78, 5) is 1.92. The Balaban J connectivity index is 2.56. The van der Waals surface area contributed by atoms with Crippen LogP contribution in [0.2, 0.25) is 0 Å². The summed E-state index contributed by atoms with van der Waals surface area (Å²) in [5.74, 6) is 0.0645. The second kappa shape index (κ2) is 2.68. The van der Waals surface area contributed by atoms with Crippen molar-refractivity contribution < 1.29 is 0 Å². The van der Waals surface area contributed by atoms with Gasteiger partial charge in [-0.3, -0.25) is 4.90 Å². The molecular formula is C7H9N3. The van der Waals surface area contributed by atoms with Crippen molar-refractivity contribution in [2.24, 2.45) is 5.92 Å². The molecule has 3 heteroatoms. The molecule has 0 aromatic rings. The van der Waals surface area contributed by atoms with E-state index in [9.17, 15) is 0 Å². The molecular weight excluding hydrogens is 126 g/mol. The third-order valence-corrected chi connectivity index (χ3v) is 1.88. The van der Waals surface area contributed by atoms with E-state index >= 15 is 0 Å². The van der Waals surface area contributed by atoms with Crippen molar-refractivity contribution in [2.45, 2.75) is 12.5 Å². The molecule has 1 fully saturated rings. The molecule has 0 bridgehead atoms. The van der Waals surface area contributed by atoms with Gasteiger partial charge in [-0.1, -0.05) is 0 Å². The topological polar surface area (TPSA) is 50.8 Å². The third kappa shape index (κ3) is 1.10. The first-order valence-corrected chi connectivity index (χ1v) is 3.27. The van der Waals surface area contributed by atoms with Crippen LogP contribution in [-0.2, 0) is 0 Å². The highest BCUT2D eigenvalue weighted by Gasteiger charge is 2.28. The maximum atomic E-state index is 8.55. The first-order valence-electron chi connectivity index (χ1n) is 3.27. The first kappa shape index (κ1) is 7.05. The molecule has 1 rings (SSSR count). The van der Waals surface area contributed by atoms with Crippen molar-refractivity contribution in [3.8, 4) is 12.1 Å². The number of nitrogens with zero attached hydrogens (tertiary/aromatic N) is 3. The second-order valence-corrected chi connectivity index (χ2v) is 2.65. The summed E-state index contributed by atoms with van der Waals surface area (Å²) in [7, 11) is 1.88. The first-order chi connectivity index (χ1) is 4.77. The minimum Gasteiger partial charge on any atom is -0.290 e. The molecule has 0 amide bonds. The van der Waals surface area contributed by atoms with Crippen molar-refractivity contribution in [1.29, 1.82) is 10.5 Å². The number of hydrogen-bond donors (Lipinski definition) is 0. The standard InChI is InChI=1S/C7H9N3/c1-10-5-6(3-8)2-7(10)4-9/h6-7H,2,5H2,1H3. The van der Waals surface area contributed by atoms with Crippen molar-refractivity contribution in [3.05, 3.63) is 0 Å². The van der Waals surface area contributed by atoms with E-state index in [1.54, 1.807) is 0 Å². The van der Waals surface area contributed by atoms with Crippen molar-refractivity contribution in [1.82, 2.24) is 4.90 Å². The molecule has 1 aliphatic heterocycles. The quantitative estimate of drug-likeness (QED) is 0.481.